The highest BCUT2D eigenvalue weighted by Crippen LogP contribution is 2.23. The number of hydrogen-bond acceptors (Lipinski definition) is 3. The van der Waals surface area contributed by atoms with Gasteiger partial charge in [-0.05, 0) is 47.1 Å². The first-order chi connectivity index (χ1) is 8.04. The Morgan fingerprint density at radius 3 is 2.65 bits per heavy atom. The Morgan fingerprint density at radius 1 is 1.35 bits per heavy atom. The molecule has 0 radical (unpaired) electrons. The monoisotopic (exact) mass is 384 g/mol. The van der Waals surface area contributed by atoms with Crippen molar-refractivity contribution in [1.29, 1.82) is 0 Å². The fourth-order valence-corrected chi connectivity index (χ4v) is 2.82. The number of thioether (sulfide) groups is 1. The molecule has 0 amide bonds. The van der Waals surface area contributed by atoms with Gasteiger partial charge >= 0.3 is 0 Å². The second-order valence-corrected chi connectivity index (χ2v) is 6.88. The zero-order valence-corrected chi connectivity index (χ0v) is 14.2. The molecular weight excluding hydrogens is 367 g/mol. The maximum Gasteiger partial charge on any atom is 0.146 e. The maximum absolute atomic E-state index is 6.15. The lowest BCUT2D eigenvalue weighted by atomic mass is 10.1. The van der Waals surface area contributed by atoms with Gasteiger partial charge in [0, 0.05) is 0 Å². The molecule has 0 aliphatic rings. The van der Waals surface area contributed by atoms with Gasteiger partial charge in [-0.15, -0.1) is 0 Å². The van der Waals surface area contributed by atoms with Gasteiger partial charge in [-0.1, -0.05) is 32.4 Å². The van der Waals surface area contributed by atoms with Crippen molar-refractivity contribution >= 4 is 46.0 Å². The zero-order valence-electron chi connectivity index (χ0n) is 10.5. The smallest absolute Gasteiger partial charge is 0.146 e. The van der Waals surface area contributed by atoms with Crippen LogP contribution in [0.2, 0.25) is 5.15 Å². The minimum Gasteiger partial charge on any atom is -0.236 e. The van der Waals surface area contributed by atoms with E-state index >= 15 is 0 Å². The summed E-state index contributed by atoms with van der Waals surface area (Å²) in [5, 5.41) is 0.600. The zero-order chi connectivity index (χ0) is 12.8. The van der Waals surface area contributed by atoms with Crippen LogP contribution in [-0.4, -0.2) is 15.7 Å². The predicted molar refractivity (Wildman–Crippen MR) is 84.8 cm³/mol. The Morgan fingerprint density at radius 2 is 2.06 bits per heavy atom. The lowest BCUT2D eigenvalue weighted by Gasteiger charge is -2.10. The first-order valence-electron chi connectivity index (χ1n) is 5.83. The average molecular weight is 385 g/mol. The van der Waals surface area contributed by atoms with Gasteiger partial charge in [0.2, 0.25) is 0 Å². The molecule has 0 saturated heterocycles. The second-order valence-electron chi connectivity index (χ2n) is 4.34. The van der Waals surface area contributed by atoms with Crippen LogP contribution < -0.4 is 0 Å². The van der Waals surface area contributed by atoms with Crippen LogP contribution in [0.1, 0.15) is 38.7 Å². The first-order valence-corrected chi connectivity index (χ1v) is 8.44. The molecule has 0 aromatic carbocycles. The van der Waals surface area contributed by atoms with Gasteiger partial charge in [0.05, 0.1) is 15.0 Å². The van der Waals surface area contributed by atoms with E-state index in [2.05, 4.69) is 53.3 Å². The molecule has 1 rings (SSSR count). The van der Waals surface area contributed by atoms with Gasteiger partial charge in [-0.25, -0.2) is 9.97 Å². The van der Waals surface area contributed by atoms with Crippen molar-refractivity contribution < 1.29 is 0 Å². The summed E-state index contributed by atoms with van der Waals surface area (Å²) in [6.07, 6.45) is 2.15. The molecule has 0 fully saturated rings. The van der Waals surface area contributed by atoms with Gasteiger partial charge < -0.3 is 0 Å². The van der Waals surface area contributed by atoms with Crippen molar-refractivity contribution in [3.8, 4) is 0 Å². The molecule has 5 heteroatoms. The maximum atomic E-state index is 6.15. The van der Waals surface area contributed by atoms with Gasteiger partial charge in [0.25, 0.3) is 0 Å². The van der Waals surface area contributed by atoms with Crippen LogP contribution in [0, 0.1) is 9.49 Å². The van der Waals surface area contributed by atoms with Crippen LogP contribution in [0.4, 0.5) is 0 Å². The Bertz CT molecular complexity index is 372. The van der Waals surface area contributed by atoms with E-state index in [1.165, 1.54) is 6.42 Å². The summed E-state index contributed by atoms with van der Waals surface area (Å²) in [5.74, 6) is 3.46. The number of hydrogen-bond donors (Lipinski definition) is 0. The highest BCUT2D eigenvalue weighted by molar-refractivity contribution is 14.1. The van der Waals surface area contributed by atoms with E-state index < -0.39 is 0 Å². The molecule has 0 N–H and O–H groups in total. The summed E-state index contributed by atoms with van der Waals surface area (Å²) in [6.45, 7) is 6.56. The van der Waals surface area contributed by atoms with E-state index in [-0.39, 0.29) is 0 Å². The average Bonchev–Trinajstić information content (AvgIpc) is 2.25. The molecule has 96 valence electrons. The van der Waals surface area contributed by atoms with Crippen molar-refractivity contribution in [3.05, 3.63) is 20.2 Å². The van der Waals surface area contributed by atoms with Gasteiger partial charge in [-0.3, -0.25) is 0 Å². The molecule has 1 aromatic rings. The number of halogens is 2. The van der Waals surface area contributed by atoms with E-state index in [4.69, 9.17) is 11.6 Å². The topological polar surface area (TPSA) is 25.8 Å². The third kappa shape index (κ3) is 5.30. The number of aromatic nitrogens is 2. The standard InChI is InChI=1S/C12H18ClIN2S/c1-4-5-17-7-10-15-9(6-8(2)3)11(14)12(13)16-10/h8H,4-7H2,1-3H3. The Hall–Kier alpha value is 0.450. The summed E-state index contributed by atoms with van der Waals surface area (Å²) in [7, 11) is 0. The van der Waals surface area contributed by atoms with Gasteiger partial charge in [0.15, 0.2) is 0 Å². The molecule has 2 nitrogen and oxygen atoms in total. The largest absolute Gasteiger partial charge is 0.236 e. The lowest BCUT2D eigenvalue weighted by Crippen LogP contribution is -2.06. The normalized spacial score (nSPS) is 11.2. The van der Waals surface area contributed by atoms with Crippen LogP contribution in [0.5, 0.6) is 0 Å². The molecular formula is C12H18ClIN2S. The second kappa shape index (κ2) is 7.79. The molecule has 0 atom stereocenters. The molecule has 0 saturated carbocycles. The van der Waals surface area contributed by atoms with Gasteiger partial charge in [0.1, 0.15) is 11.0 Å². The van der Waals surface area contributed by atoms with Crippen molar-refractivity contribution in [2.45, 2.75) is 39.4 Å². The van der Waals surface area contributed by atoms with Crippen LogP contribution in [0.15, 0.2) is 0 Å². The minimum atomic E-state index is 0.589. The van der Waals surface area contributed by atoms with E-state index in [9.17, 15) is 0 Å². The van der Waals surface area contributed by atoms with Crippen molar-refractivity contribution in [1.82, 2.24) is 9.97 Å². The molecule has 0 unspecified atom stereocenters. The molecule has 1 aromatic heterocycles. The van der Waals surface area contributed by atoms with Crippen LogP contribution >= 0.6 is 46.0 Å². The molecule has 0 spiro atoms. The lowest BCUT2D eigenvalue weighted by molar-refractivity contribution is 0.629. The summed E-state index contributed by atoms with van der Waals surface area (Å²) >= 11 is 10.2. The first kappa shape index (κ1) is 15.5. The van der Waals surface area contributed by atoms with Crippen molar-refractivity contribution in [3.63, 3.8) is 0 Å². The summed E-state index contributed by atoms with van der Waals surface area (Å²) in [5.41, 5.74) is 1.09. The predicted octanol–water partition coefficient (Wildman–Crippen LogP) is 4.58. The number of rotatable bonds is 6. The summed E-state index contributed by atoms with van der Waals surface area (Å²) in [4.78, 5) is 8.96. The molecule has 0 aliphatic heterocycles. The third-order valence-corrected chi connectivity index (χ3v) is 4.99. The Kier molecular flexibility index (Phi) is 7.11. The fraction of sp³-hybridized carbons (Fsp3) is 0.667. The van der Waals surface area contributed by atoms with Crippen LogP contribution in [0.3, 0.4) is 0 Å². The van der Waals surface area contributed by atoms with Crippen LogP contribution in [-0.2, 0) is 12.2 Å². The van der Waals surface area contributed by atoms with E-state index in [1.54, 1.807) is 0 Å². The minimum absolute atomic E-state index is 0.589. The van der Waals surface area contributed by atoms with E-state index in [1.807, 2.05) is 11.8 Å². The quantitative estimate of drug-likeness (QED) is 0.408. The SMILES string of the molecule is CCCSCc1nc(Cl)c(I)c(CC(C)C)n1. The van der Waals surface area contributed by atoms with Gasteiger partial charge in [-0.2, -0.15) is 11.8 Å². The molecule has 1 heterocycles. The third-order valence-electron chi connectivity index (χ3n) is 2.11. The van der Waals surface area contributed by atoms with Crippen LogP contribution in [0.25, 0.3) is 0 Å². The van der Waals surface area contributed by atoms with E-state index in [0.29, 0.717) is 11.1 Å². The molecule has 17 heavy (non-hydrogen) atoms. The Labute approximate surface area is 126 Å². The highest BCUT2D eigenvalue weighted by atomic mass is 127. The Balaban J connectivity index is 2.82. The molecule has 0 aliphatic carbocycles. The van der Waals surface area contributed by atoms with E-state index in [0.717, 1.165) is 33.0 Å². The summed E-state index contributed by atoms with van der Waals surface area (Å²) in [6, 6.07) is 0. The highest BCUT2D eigenvalue weighted by Gasteiger charge is 2.11. The fourth-order valence-electron chi connectivity index (χ4n) is 1.41. The van der Waals surface area contributed by atoms with Crippen molar-refractivity contribution in [2.75, 3.05) is 5.75 Å². The number of nitrogens with zero attached hydrogens (tertiary/aromatic N) is 2. The molecule has 0 bridgehead atoms. The van der Waals surface area contributed by atoms with Crippen molar-refractivity contribution in [2.24, 2.45) is 5.92 Å². The summed E-state index contributed by atoms with van der Waals surface area (Å²) < 4.78 is 1.00.